The van der Waals surface area contributed by atoms with E-state index in [1.165, 1.54) is 39.3 Å². The number of hydrogen-bond donors (Lipinski definition) is 0. The van der Waals surface area contributed by atoms with E-state index in [4.69, 9.17) is 0 Å². The minimum absolute atomic E-state index is 1.23. The first-order valence-electron chi connectivity index (χ1n) is 10.4. The van der Waals surface area contributed by atoms with Crippen molar-refractivity contribution >= 4 is 17.0 Å². The summed E-state index contributed by atoms with van der Waals surface area (Å²) >= 11 is 0. The molecule has 0 N–H and O–H groups in total. The summed E-state index contributed by atoms with van der Waals surface area (Å²) in [6.45, 7) is 14.6. The molecule has 0 amide bonds. The Morgan fingerprint density at radius 1 is 0.750 bits per heavy atom. The number of anilines is 1. The summed E-state index contributed by atoms with van der Waals surface area (Å²) < 4.78 is 2.12. The van der Waals surface area contributed by atoms with Gasteiger partial charge in [-0.05, 0) is 72.9 Å². The maximum atomic E-state index is 2.21. The lowest BCUT2D eigenvalue weighted by molar-refractivity contribution is -0.462. The fourth-order valence-electron chi connectivity index (χ4n) is 2.73. The Bertz CT molecular complexity index is 745. The molecule has 0 heterocycles. The zero-order valence-electron chi connectivity index (χ0n) is 20.0. The van der Waals surface area contributed by atoms with Crippen molar-refractivity contribution in [2.45, 2.75) is 48.5 Å². The summed E-state index contributed by atoms with van der Waals surface area (Å²) in [7, 11) is 8.27. The van der Waals surface area contributed by atoms with E-state index in [2.05, 4.69) is 107 Å². The van der Waals surface area contributed by atoms with Crippen LogP contribution in [0, 0.1) is 0 Å². The topological polar surface area (TPSA) is 6.25 Å². The van der Waals surface area contributed by atoms with E-state index in [0.717, 1.165) is 0 Å². The predicted octanol–water partition coefficient (Wildman–Crippen LogP) is 6.75. The second kappa shape index (κ2) is 12.9. The van der Waals surface area contributed by atoms with Crippen molar-refractivity contribution in [2.75, 3.05) is 33.1 Å². The molecule has 0 aliphatic heterocycles. The highest BCUT2D eigenvalue weighted by atomic mass is 15.1. The first-order valence-corrected chi connectivity index (χ1v) is 10.4. The summed E-state index contributed by atoms with van der Waals surface area (Å²) in [6.07, 6.45) is 8.76. The summed E-state index contributed by atoms with van der Waals surface area (Å²) in [5.74, 6) is 0. The SMILES string of the molecule is CC.CC.CC(=C1C=CC(=[N+](C)C)C=C1)C(C)=C(C)c1ccc(N(C)C)cc1. The molecule has 154 valence electrons. The lowest BCUT2D eigenvalue weighted by Crippen LogP contribution is -2.10. The standard InChI is InChI=1S/C22H29N2.2C2H6/c1-16(17(2)19-8-12-21(13-9-19)23(4)5)18(3)20-10-14-22(15-11-20)24(6)7;2*1-2/h8-15H,1-7H3;2*1-2H3/q+1;;. The van der Waals surface area contributed by atoms with Gasteiger partial charge in [-0.15, -0.1) is 0 Å². The van der Waals surface area contributed by atoms with Crippen molar-refractivity contribution in [2.24, 2.45) is 0 Å². The van der Waals surface area contributed by atoms with E-state index in [1.807, 2.05) is 27.7 Å². The zero-order valence-corrected chi connectivity index (χ0v) is 20.0. The van der Waals surface area contributed by atoms with Crippen LogP contribution in [-0.2, 0) is 0 Å². The van der Waals surface area contributed by atoms with Crippen molar-refractivity contribution in [3.8, 4) is 0 Å². The first kappa shape index (κ1) is 25.6. The van der Waals surface area contributed by atoms with E-state index in [-0.39, 0.29) is 0 Å². The van der Waals surface area contributed by atoms with Crippen molar-refractivity contribution in [1.29, 1.82) is 0 Å². The molecule has 1 aliphatic rings. The molecule has 1 aliphatic carbocycles. The van der Waals surface area contributed by atoms with Gasteiger partial charge in [0.1, 0.15) is 14.1 Å². The summed E-state index contributed by atoms with van der Waals surface area (Å²) in [6, 6.07) is 8.76. The monoisotopic (exact) mass is 381 g/mol. The molecule has 0 unspecified atom stereocenters. The normalized spacial score (nSPS) is 13.0. The average Bonchev–Trinajstić information content (AvgIpc) is 2.75. The van der Waals surface area contributed by atoms with Crippen molar-refractivity contribution in [1.82, 2.24) is 0 Å². The average molecular weight is 382 g/mol. The summed E-state index contributed by atoms with van der Waals surface area (Å²) in [4.78, 5) is 2.12. The minimum atomic E-state index is 1.23. The Hall–Kier alpha value is -2.35. The highest BCUT2D eigenvalue weighted by Gasteiger charge is 2.09. The molecule has 0 bridgehead atoms. The number of benzene rings is 1. The van der Waals surface area contributed by atoms with Gasteiger partial charge in [-0.1, -0.05) is 39.8 Å². The van der Waals surface area contributed by atoms with Gasteiger partial charge in [0.05, 0.1) is 0 Å². The molecule has 0 radical (unpaired) electrons. The van der Waals surface area contributed by atoms with Gasteiger partial charge in [0, 0.05) is 31.9 Å². The molecular weight excluding hydrogens is 340 g/mol. The Kier molecular flexibility index (Phi) is 11.8. The molecular formula is C26H41N2+. The maximum Gasteiger partial charge on any atom is 0.199 e. The van der Waals surface area contributed by atoms with Gasteiger partial charge < -0.3 is 4.90 Å². The van der Waals surface area contributed by atoms with Crippen LogP contribution >= 0.6 is 0 Å². The fraction of sp³-hybridized carbons (Fsp3) is 0.423. The molecule has 1 aromatic carbocycles. The van der Waals surface area contributed by atoms with Gasteiger partial charge in [-0.3, -0.25) is 0 Å². The van der Waals surface area contributed by atoms with Gasteiger partial charge in [0.2, 0.25) is 0 Å². The minimum Gasteiger partial charge on any atom is -0.378 e. The van der Waals surface area contributed by atoms with Crippen LogP contribution < -0.4 is 4.90 Å². The number of allylic oxidation sites excluding steroid dienone is 8. The van der Waals surface area contributed by atoms with Crippen LogP contribution in [0.15, 0.2) is 65.3 Å². The smallest absolute Gasteiger partial charge is 0.199 e. The Morgan fingerprint density at radius 2 is 1.21 bits per heavy atom. The third-order valence-corrected chi connectivity index (χ3v) is 4.76. The zero-order chi connectivity index (χ0) is 21.9. The summed E-state index contributed by atoms with van der Waals surface area (Å²) in [5.41, 5.74) is 9.01. The Labute approximate surface area is 174 Å². The Morgan fingerprint density at radius 3 is 1.61 bits per heavy atom. The van der Waals surface area contributed by atoms with Gasteiger partial charge in [-0.2, -0.15) is 0 Å². The Balaban J connectivity index is 0.00000171. The quantitative estimate of drug-likeness (QED) is 0.525. The van der Waals surface area contributed by atoms with Crippen LogP contribution in [0.1, 0.15) is 54.0 Å². The van der Waals surface area contributed by atoms with Gasteiger partial charge in [0.15, 0.2) is 5.71 Å². The molecule has 0 saturated carbocycles. The number of nitrogens with zero attached hydrogens (tertiary/aromatic N) is 2. The second-order valence-corrected chi connectivity index (χ2v) is 6.76. The second-order valence-electron chi connectivity index (χ2n) is 6.76. The number of rotatable bonds is 3. The van der Waals surface area contributed by atoms with Crippen molar-refractivity contribution < 1.29 is 4.58 Å². The van der Waals surface area contributed by atoms with E-state index >= 15 is 0 Å². The molecule has 0 saturated heterocycles. The predicted molar refractivity (Wildman–Crippen MR) is 130 cm³/mol. The highest BCUT2D eigenvalue weighted by molar-refractivity contribution is 6.02. The molecule has 0 fully saturated rings. The molecule has 2 heteroatoms. The molecule has 0 aromatic heterocycles. The highest BCUT2D eigenvalue weighted by Crippen LogP contribution is 2.27. The molecule has 1 aromatic rings. The van der Waals surface area contributed by atoms with E-state index in [1.54, 1.807) is 0 Å². The molecule has 2 nitrogen and oxygen atoms in total. The van der Waals surface area contributed by atoms with Crippen LogP contribution in [0.2, 0.25) is 0 Å². The van der Waals surface area contributed by atoms with Crippen molar-refractivity contribution in [3.05, 3.63) is 70.9 Å². The van der Waals surface area contributed by atoms with Crippen LogP contribution in [0.5, 0.6) is 0 Å². The number of hydrogen-bond acceptors (Lipinski definition) is 1. The van der Waals surface area contributed by atoms with Crippen LogP contribution in [0.4, 0.5) is 5.69 Å². The lowest BCUT2D eigenvalue weighted by atomic mass is 9.93. The summed E-state index contributed by atoms with van der Waals surface area (Å²) in [5, 5.41) is 0. The first-order chi connectivity index (χ1) is 13.3. The lowest BCUT2D eigenvalue weighted by Gasteiger charge is -2.15. The van der Waals surface area contributed by atoms with E-state index < -0.39 is 0 Å². The third-order valence-electron chi connectivity index (χ3n) is 4.76. The van der Waals surface area contributed by atoms with Crippen molar-refractivity contribution in [3.63, 3.8) is 0 Å². The van der Waals surface area contributed by atoms with E-state index in [0.29, 0.717) is 0 Å². The fourth-order valence-corrected chi connectivity index (χ4v) is 2.73. The van der Waals surface area contributed by atoms with Crippen LogP contribution in [-0.4, -0.2) is 38.5 Å². The van der Waals surface area contributed by atoms with Crippen LogP contribution in [0.25, 0.3) is 5.57 Å². The molecule has 2 rings (SSSR count). The maximum absolute atomic E-state index is 2.21. The van der Waals surface area contributed by atoms with Crippen LogP contribution in [0.3, 0.4) is 0 Å². The molecule has 28 heavy (non-hydrogen) atoms. The van der Waals surface area contributed by atoms with Gasteiger partial charge in [-0.25, -0.2) is 4.58 Å². The molecule has 0 spiro atoms. The molecule has 0 atom stereocenters. The third kappa shape index (κ3) is 6.99. The van der Waals surface area contributed by atoms with Gasteiger partial charge in [0.25, 0.3) is 0 Å². The van der Waals surface area contributed by atoms with E-state index in [9.17, 15) is 0 Å². The largest absolute Gasteiger partial charge is 0.378 e. The van der Waals surface area contributed by atoms with Gasteiger partial charge >= 0.3 is 0 Å².